The van der Waals surface area contributed by atoms with E-state index in [0.717, 1.165) is 38.0 Å². The van der Waals surface area contributed by atoms with Crippen LogP contribution in [0.25, 0.3) is 0 Å². The molecule has 1 saturated heterocycles. The molecule has 1 amide bonds. The largest absolute Gasteiger partial charge is 0.478 e. The summed E-state index contributed by atoms with van der Waals surface area (Å²) >= 11 is 0. The Labute approximate surface area is 131 Å². The van der Waals surface area contributed by atoms with Gasteiger partial charge in [0.15, 0.2) is 0 Å². The number of likely N-dealkylation sites (tertiary alicyclic amines) is 1. The number of carbonyl (C=O) groups excluding carboxylic acids is 1. The summed E-state index contributed by atoms with van der Waals surface area (Å²) < 4.78 is 0. The molecule has 22 heavy (non-hydrogen) atoms. The van der Waals surface area contributed by atoms with Gasteiger partial charge in [0.1, 0.15) is 0 Å². The minimum atomic E-state index is -0.898. The van der Waals surface area contributed by atoms with Crippen molar-refractivity contribution in [2.24, 2.45) is 0 Å². The van der Waals surface area contributed by atoms with Gasteiger partial charge in [0, 0.05) is 20.1 Å². The van der Waals surface area contributed by atoms with Gasteiger partial charge in [0.25, 0.3) is 0 Å². The number of nitrogens with zero attached hydrogens (tertiary/aromatic N) is 2. The second kappa shape index (κ2) is 7.40. The van der Waals surface area contributed by atoms with Crippen molar-refractivity contribution in [2.75, 3.05) is 33.2 Å². The molecule has 1 aliphatic rings. The molecule has 1 aromatic rings. The lowest BCUT2D eigenvalue weighted by molar-refractivity contribution is -0.131. The van der Waals surface area contributed by atoms with E-state index in [0.29, 0.717) is 18.0 Å². The summed E-state index contributed by atoms with van der Waals surface area (Å²) in [5.74, 6) is -0.370. The van der Waals surface area contributed by atoms with E-state index in [-0.39, 0.29) is 5.91 Å². The third-order valence-electron chi connectivity index (χ3n) is 4.39. The zero-order valence-corrected chi connectivity index (χ0v) is 13.3. The molecule has 0 aromatic heterocycles. The van der Waals surface area contributed by atoms with Gasteiger partial charge in [0.2, 0.25) is 5.91 Å². The topological polar surface area (TPSA) is 60.9 Å². The van der Waals surface area contributed by atoms with Gasteiger partial charge < -0.3 is 10.0 Å². The van der Waals surface area contributed by atoms with Crippen LogP contribution in [0.3, 0.4) is 0 Å². The number of carboxylic acid groups (broad SMARTS) is 1. The zero-order valence-electron chi connectivity index (χ0n) is 13.3. The Kier molecular flexibility index (Phi) is 5.55. The summed E-state index contributed by atoms with van der Waals surface area (Å²) in [5, 5.41) is 8.95. The van der Waals surface area contributed by atoms with Crippen LogP contribution in [0.15, 0.2) is 24.3 Å². The van der Waals surface area contributed by atoms with Crippen LogP contribution >= 0.6 is 0 Å². The molecule has 0 bridgehead atoms. The molecule has 1 heterocycles. The quantitative estimate of drug-likeness (QED) is 0.904. The van der Waals surface area contributed by atoms with Crippen molar-refractivity contribution < 1.29 is 14.7 Å². The Bertz CT molecular complexity index is 527. The predicted molar refractivity (Wildman–Crippen MR) is 85.1 cm³/mol. The lowest BCUT2D eigenvalue weighted by Gasteiger charge is -2.33. The highest BCUT2D eigenvalue weighted by molar-refractivity contribution is 5.87. The van der Waals surface area contributed by atoms with Crippen molar-refractivity contribution in [1.82, 2.24) is 9.80 Å². The third-order valence-corrected chi connectivity index (χ3v) is 4.39. The molecule has 5 heteroatoms. The minimum Gasteiger partial charge on any atom is -0.478 e. The maximum Gasteiger partial charge on any atom is 0.335 e. The molecule has 1 aromatic carbocycles. The molecule has 0 radical (unpaired) electrons. The predicted octanol–water partition coefficient (Wildman–Crippen LogP) is 2.04. The Morgan fingerprint density at radius 1 is 1.32 bits per heavy atom. The van der Waals surface area contributed by atoms with E-state index in [1.54, 1.807) is 17.0 Å². The smallest absolute Gasteiger partial charge is 0.335 e. The number of amides is 1. The molecule has 1 N–H and O–H groups in total. The number of aromatic carboxylic acids is 1. The summed E-state index contributed by atoms with van der Waals surface area (Å²) in [6, 6.07) is 7.12. The first-order chi connectivity index (χ1) is 10.5. The van der Waals surface area contributed by atoms with E-state index in [4.69, 9.17) is 5.11 Å². The van der Waals surface area contributed by atoms with E-state index in [9.17, 15) is 9.59 Å². The second-order valence-electron chi connectivity index (χ2n) is 5.91. The van der Waals surface area contributed by atoms with Gasteiger partial charge in [-0.15, -0.1) is 0 Å². The lowest BCUT2D eigenvalue weighted by Crippen LogP contribution is -2.42. The fourth-order valence-electron chi connectivity index (χ4n) is 2.86. The molecule has 1 atom stereocenters. The van der Waals surface area contributed by atoms with Crippen molar-refractivity contribution >= 4 is 11.9 Å². The Balaban J connectivity index is 1.98. The van der Waals surface area contributed by atoms with Crippen molar-refractivity contribution in [3.8, 4) is 0 Å². The van der Waals surface area contributed by atoms with Crippen LogP contribution < -0.4 is 0 Å². The van der Waals surface area contributed by atoms with Gasteiger partial charge in [-0.05, 0) is 49.9 Å². The first-order valence-electron chi connectivity index (χ1n) is 7.80. The maximum atomic E-state index is 12.0. The number of benzene rings is 1. The summed E-state index contributed by atoms with van der Waals surface area (Å²) in [7, 11) is 1.83. The van der Waals surface area contributed by atoms with E-state index in [1.165, 1.54) is 0 Å². The fourth-order valence-corrected chi connectivity index (χ4v) is 2.86. The molecule has 1 aliphatic heterocycles. The number of rotatable bonds is 5. The Morgan fingerprint density at radius 3 is 2.59 bits per heavy atom. The molecular formula is C17H24N2O3. The molecule has 5 nitrogen and oxygen atoms in total. The van der Waals surface area contributed by atoms with E-state index < -0.39 is 5.97 Å². The Morgan fingerprint density at radius 2 is 2.00 bits per heavy atom. The van der Waals surface area contributed by atoms with Gasteiger partial charge in [-0.3, -0.25) is 9.69 Å². The number of hydrogen-bond acceptors (Lipinski definition) is 3. The van der Waals surface area contributed by atoms with Crippen LogP contribution in [0.5, 0.6) is 0 Å². The first kappa shape index (κ1) is 16.5. The molecule has 2 rings (SSSR count). The molecule has 1 unspecified atom stereocenters. The second-order valence-corrected chi connectivity index (χ2v) is 5.91. The van der Waals surface area contributed by atoms with Crippen LogP contribution in [0.2, 0.25) is 0 Å². The number of carbonyl (C=O) groups is 2. The minimum absolute atomic E-state index is 0.157. The molecule has 1 fully saturated rings. The highest BCUT2D eigenvalue weighted by atomic mass is 16.4. The zero-order chi connectivity index (χ0) is 16.1. The standard InChI is InChI=1S/C17H24N2O3/c1-3-18(2)16(20)12-19-10-4-5-15(11-19)13-6-8-14(9-7-13)17(21)22/h6-9,15H,3-5,10-12H2,1-2H3,(H,21,22). The monoisotopic (exact) mass is 304 g/mol. The number of piperidine rings is 1. The summed E-state index contributed by atoms with van der Waals surface area (Å²) in [6.07, 6.45) is 2.15. The van der Waals surface area contributed by atoms with Crippen molar-refractivity contribution in [3.63, 3.8) is 0 Å². The number of likely N-dealkylation sites (N-methyl/N-ethyl adjacent to an activating group) is 1. The van der Waals surface area contributed by atoms with Crippen LogP contribution in [0, 0.1) is 0 Å². The summed E-state index contributed by atoms with van der Waals surface area (Å²) in [5.41, 5.74) is 1.47. The maximum absolute atomic E-state index is 12.0. The first-order valence-corrected chi connectivity index (χ1v) is 7.80. The molecule has 0 saturated carbocycles. The summed E-state index contributed by atoms with van der Waals surface area (Å²) in [6.45, 7) is 4.98. The molecule has 120 valence electrons. The normalized spacial score (nSPS) is 18.9. The van der Waals surface area contributed by atoms with E-state index >= 15 is 0 Å². The number of hydrogen-bond donors (Lipinski definition) is 1. The van der Waals surface area contributed by atoms with Crippen molar-refractivity contribution in [3.05, 3.63) is 35.4 Å². The van der Waals surface area contributed by atoms with E-state index in [2.05, 4.69) is 4.90 Å². The van der Waals surface area contributed by atoms with Crippen molar-refractivity contribution in [2.45, 2.75) is 25.7 Å². The highest BCUT2D eigenvalue weighted by Gasteiger charge is 2.23. The average Bonchev–Trinajstić information content (AvgIpc) is 2.54. The van der Waals surface area contributed by atoms with Gasteiger partial charge in [-0.2, -0.15) is 0 Å². The van der Waals surface area contributed by atoms with Gasteiger partial charge in [-0.25, -0.2) is 4.79 Å². The Hall–Kier alpha value is -1.88. The lowest BCUT2D eigenvalue weighted by atomic mass is 9.90. The molecular weight excluding hydrogens is 280 g/mol. The van der Waals surface area contributed by atoms with Crippen molar-refractivity contribution in [1.29, 1.82) is 0 Å². The van der Waals surface area contributed by atoms with Crippen LogP contribution in [0.4, 0.5) is 0 Å². The van der Waals surface area contributed by atoms with Crippen LogP contribution in [-0.2, 0) is 4.79 Å². The van der Waals surface area contributed by atoms with Crippen LogP contribution in [0.1, 0.15) is 41.6 Å². The van der Waals surface area contributed by atoms with Gasteiger partial charge in [0.05, 0.1) is 12.1 Å². The van der Waals surface area contributed by atoms with E-state index in [1.807, 2.05) is 26.1 Å². The molecule has 0 aliphatic carbocycles. The molecule has 0 spiro atoms. The fraction of sp³-hybridized carbons (Fsp3) is 0.529. The highest BCUT2D eigenvalue weighted by Crippen LogP contribution is 2.27. The number of carboxylic acids is 1. The SMILES string of the molecule is CCN(C)C(=O)CN1CCCC(c2ccc(C(=O)O)cc2)C1. The third kappa shape index (κ3) is 4.07. The average molecular weight is 304 g/mol. The van der Waals surface area contributed by atoms with Crippen LogP contribution in [-0.4, -0.2) is 60.0 Å². The van der Waals surface area contributed by atoms with Gasteiger partial charge >= 0.3 is 5.97 Å². The summed E-state index contributed by atoms with van der Waals surface area (Å²) in [4.78, 5) is 26.9. The van der Waals surface area contributed by atoms with Gasteiger partial charge in [-0.1, -0.05) is 12.1 Å².